The molecule has 0 aromatic heterocycles. The minimum Gasteiger partial charge on any atom is -0.230 e. The SMILES string of the molecule is O=[P+](O)OS(=O)(=O)OP. The Balaban J connectivity index is 4.06. The molecule has 0 saturated carbocycles. The summed E-state index contributed by atoms with van der Waals surface area (Å²) in [6.07, 6.45) is 0. The van der Waals surface area contributed by atoms with Gasteiger partial charge < -0.3 is 0 Å². The second-order valence-electron chi connectivity index (χ2n) is 0.817. The van der Waals surface area contributed by atoms with Crippen LogP contribution in [0.5, 0.6) is 0 Å². The maximum absolute atomic E-state index is 10.0. The van der Waals surface area contributed by atoms with E-state index in [0.717, 1.165) is 0 Å². The van der Waals surface area contributed by atoms with Crippen LogP contribution in [0.2, 0.25) is 0 Å². The van der Waals surface area contributed by atoms with Crippen molar-refractivity contribution in [3.05, 3.63) is 0 Å². The fourth-order valence-electron chi connectivity index (χ4n) is 0.0957. The molecule has 0 aliphatic carbocycles. The van der Waals surface area contributed by atoms with Gasteiger partial charge in [0.1, 0.15) is 0 Å². The van der Waals surface area contributed by atoms with Crippen molar-refractivity contribution in [3.8, 4) is 0 Å². The Morgan fingerprint density at radius 3 is 2.11 bits per heavy atom. The lowest BCUT2D eigenvalue weighted by molar-refractivity contribution is 0.371. The van der Waals surface area contributed by atoms with Crippen LogP contribution in [0.4, 0.5) is 0 Å². The molecule has 0 bridgehead atoms. The highest BCUT2D eigenvalue weighted by atomic mass is 32.3. The van der Waals surface area contributed by atoms with E-state index in [1.165, 1.54) is 9.47 Å². The molecule has 0 radical (unpaired) electrons. The van der Waals surface area contributed by atoms with Crippen LogP contribution in [0.15, 0.2) is 0 Å². The van der Waals surface area contributed by atoms with E-state index in [0.29, 0.717) is 0 Å². The summed E-state index contributed by atoms with van der Waals surface area (Å²) in [5.74, 6) is 0. The molecule has 0 aromatic carbocycles. The van der Waals surface area contributed by atoms with Gasteiger partial charge in [-0.05, 0) is 0 Å². The third-order valence-corrected chi connectivity index (χ3v) is 2.46. The number of hydrogen-bond acceptors (Lipinski definition) is 5. The summed E-state index contributed by atoms with van der Waals surface area (Å²) in [6, 6.07) is 0. The van der Waals surface area contributed by atoms with Crippen LogP contribution in [0, 0.1) is 0 Å². The molecule has 2 unspecified atom stereocenters. The quantitative estimate of drug-likeness (QED) is 0.619. The Labute approximate surface area is 54.7 Å². The zero-order valence-electron chi connectivity index (χ0n) is 3.92. The molecule has 0 aliphatic heterocycles. The van der Waals surface area contributed by atoms with Gasteiger partial charge >= 0.3 is 18.7 Å². The van der Waals surface area contributed by atoms with Gasteiger partial charge in [-0.1, -0.05) is 0 Å². The Bertz CT molecular complexity index is 189. The topological polar surface area (TPSA) is 89.9 Å². The third-order valence-electron chi connectivity index (χ3n) is 0.273. The molecule has 0 fully saturated rings. The summed E-state index contributed by atoms with van der Waals surface area (Å²) >= 11 is 0. The summed E-state index contributed by atoms with van der Waals surface area (Å²) in [7, 11) is -6.10. The van der Waals surface area contributed by atoms with Gasteiger partial charge in [0.05, 0.1) is 0 Å². The summed E-state index contributed by atoms with van der Waals surface area (Å²) < 4.78 is 36.6. The monoisotopic (exact) mass is 193 g/mol. The molecule has 0 spiro atoms. The van der Waals surface area contributed by atoms with Gasteiger partial charge in [-0.3, -0.25) is 0 Å². The average molecular weight is 193 g/mol. The second-order valence-corrected chi connectivity index (χ2v) is 3.48. The first-order valence-electron chi connectivity index (χ1n) is 1.47. The molecule has 0 rings (SSSR count). The first-order valence-corrected chi connectivity index (χ1v) is 4.40. The van der Waals surface area contributed by atoms with Crippen molar-refractivity contribution < 1.29 is 25.8 Å². The van der Waals surface area contributed by atoms with E-state index < -0.39 is 18.7 Å². The molecule has 0 aliphatic rings. The van der Waals surface area contributed by atoms with Crippen LogP contribution in [-0.4, -0.2) is 13.3 Å². The van der Waals surface area contributed by atoms with Crippen molar-refractivity contribution in [1.82, 2.24) is 0 Å². The smallest absolute Gasteiger partial charge is 0.230 e. The van der Waals surface area contributed by atoms with Crippen LogP contribution >= 0.6 is 17.7 Å². The second kappa shape index (κ2) is 3.51. The fraction of sp³-hybridized carbons (Fsp3) is 0. The van der Waals surface area contributed by atoms with Crippen molar-refractivity contribution in [2.24, 2.45) is 0 Å². The lowest BCUT2D eigenvalue weighted by atomic mass is 15.8. The van der Waals surface area contributed by atoms with E-state index in [1.54, 1.807) is 0 Å². The molecule has 0 aromatic rings. The van der Waals surface area contributed by atoms with Crippen LogP contribution in [-0.2, 0) is 22.9 Å². The highest BCUT2D eigenvalue weighted by Crippen LogP contribution is 2.20. The van der Waals surface area contributed by atoms with Crippen LogP contribution in [0.3, 0.4) is 0 Å². The Kier molecular flexibility index (Phi) is 3.65. The maximum Gasteiger partial charge on any atom is 0.714 e. The van der Waals surface area contributed by atoms with Crippen molar-refractivity contribution in [3.63, 3.8) is 0 Å². The summed E-state index contributed by atoms with van der Waals surface area (Å²) in [4.78, 5) is 7.84. The van der Waals surface area contributed by atoms with Gasteiger partial charge in [-0.15, -0.1) is 4.89 Å². The van der Waals surface area contributed by atoms with Gasteiger partial charge in [0, 0.05) is 18.0 Å². The molecule has 9 heteroatoms. The van der Waals surface area contributed by atoms with E-state index in [2.05, 4.69) is 7.94 Å². The van der Waals surface area contributed by atoms with Gasteiger partial charge in [0.2, 0.25) is 0 Å². The summed E-state index contributed by atoms with van der Waals surface area (Å²) in [6.45, 7) is 0. The van der Waals surface area contributed by atoms with Crippen molar-refractivity contribution >= 4 is 28.1 Å². The van der Waals surface area contributed by atoms with E-state index >= 15 is 0 Å². The van der Waals surface area contributed by atoms with E-state index in [4.69, 9.17) is 4.89 Å². The Morgan fingerprint density at radius 1 is 1.56 bits per heavy atom. The molecule has 9 heavy (non-hydrogen) atoms. The summed E-state index contributed by atoms with van der Waals surface area (Å²) in [5, 5.41) is 0. The average Bonchev–Trinajstić information content (AvgIpc) is 1.63. The lowest BCUT2D eigenvalue weighted by Gasteiger charge is -1.84. The minimum absolute atomic E-state index is 1.36. The zero-order chi connectivity index (χ0) is 7.49. The minimum atomic E-state index is -4.29. The molecule has 0 heterocycles. The molecule has 1 N–H and O–H groups in total. The van der Waals surface area contributed by atoms with Gasteiger partial charge in [-0.25, -0.2) is 3.97 Å². The largest absolute Gasteiger partial charge is 0.714 e. The van der Waals surface area contributed by atoms with Crippen molar-refractivity contribution in [2.45, 2.75) is 0 Å². The van der Waals surface area contributed by atoms with Crippen LogP contribution in [0.25, 0.3) is 0 Å². The maximum atomic E-state index is 10.0. The molecule has 2 atom stereocenters. The number of hydrogen-bond donors (Lipinski definition) is 1. The highest BCUT2D eigenvalue weighted by molar-refractivity contribution is 7.87. The van der Waals surface area contributed by atoms with E-state index in [9.17, 15) is 13.0 Å². The molecule has 54 valence electrons. The Morgan fingerprint density at radius 2 is 2.00 bits per heavy atom. The van der Waals surface area contributed by atoms with Gasteiger partial charge in [-0.2, -0.15) is 8.42 Å². The van der Waals surface area contributed by atoms with Crippen molar-refractivity contribution in [2.75, 3.05) is 0 Å². The zero-order valence-corrected chi connectivity index (χ0v) is 6.79. The lowest BCUT2D eigenvalue weighted by Crippen LogP contribution is -1.97. The van der Waals surface area contributed by atoms with Crippen LogP contribution < -0.4 is 0 Å². The van der Waals surface area contributed by atoms with E-state index in [-0.39, 0.29) is 0 Å². The predicted molar refractivity (Wildman–Crippen MR) is 30.6 cm³/mol. The molecular weight excluding hydrogens is 190 g/mol. The molecule has 6 nitrogen and oxygen atoms in total. The molecule has 0 saturated heterocycles. The highest BCUT2D eigenvalue weighted by Gasteiger charge is 2.26. The normalized spacial score (nSPS) is 13.3. The van der Waals surface area contributed by atoms with Crippen LogP contribution in [0.1, 0.15) is 0 Å². The first-order chi connectivity index (χ1) is 3.98. The predicted octanol–water partition coefficient (Wildman–Crippen LogP) is -0.296. The summed E-state index contributed by atoms with van der Waals surface area (Å²) in [5.41, 5.74) is 0. The van der Waals surface area contributed by atoms with Gasteiger partial charge in [0.25, 0.3) is 0 Å². The first kappa shape index (κ1) is 9.36. The van der Waals surface area contributed by atoms with Gasteiger partial charge in [0.15, 0.2) is 0 Å². The third kappa shape index (κ3) is 4.84. The Hall–Kier alpha value is 0.360. The van der Waals surface area contributed by atoms with E-state index in [1.807, 2.05) is 0 Å². The fourth-order valence-corrected chi connectivity index (χ4v) is 1.18. The molecule has 0 amide bonds. The number of rotatable bonds is 3. The van der Waals surface area contributed by atoms with Crippen molar-refractivity contribution in [1.29, 1.82) is 0 Å². The standard InChI is InChI=1S/H2O6P2S/c1-8(2)6-9(3,4)5-7/h7H2/p+1. The molecular formula is H3O6P2S+.